The molecule has 1 aromatic carbocycles. The van der Waals surface area contributed by atoms with E-state index in [9.17, 15) is 9.59 Å². The zero-order chi connectivity index (χ0) is 26.8. The quantitative estimate of drug-likeness (QED) is 0.445. The highest BCUT2D eigenvalue weighted by Crippen LogP contribution is 2.29. The number of pyridine rings is 1. The molecule has 0 unspecified atom stereocenters. The van der Waals surface area contributed by atoms with Crippen molar-refractivity contribution in [2.75, 3.05) is 69.1 Å². The molecule has 0 spiro atoms. The lowest BCUT2D eigenvalue weighted by Gasteiger charge is -2.36. The maximum Gasteiger partial charge on any atom is 0.252 e. The zero-order valence-corrected chi connectivity index (χ0v) is 22.3. The fourth-order valence-corrected chi connectivity index (χ4v) is 5.58. The smallest absolute Gasteiger partial charge is 0.252 e. The summed E-state index contributed by atoms with van der Waals surface area (Å²) in [6.45, 7) is 12.1. The molecule has 39 heavy (non-hydrogen) atoms. The summed E-state index contributed by atoms with van der Waals surface area (Å²) >= 11 is 0. The molecule has 0 atom stereocenters. The van der Waals surface area contributed by atoms with E-state index < -0.39 is 0 Å². The van der Waals surface area contributed by atoms with Gasteiger partial charge in [0.2, 0.25) is 11.9 Å². The standard InChI is InChI=1S/C29H36N8O2/c1-2-26(38)36-14-11-33(12-15-36)13-20-37-27(39)10-3-22-21-30-29(32-28(22)37)31-23-4-6-24(7-5-23)34-16-18-35(19-17-34)25-8-9-25/h2-7,10,21,25H,1,8-9,11-20H2,(H,30,31,32). The fourth-order valence-electron chi connectivity index (χ4n) is 5.58. The Balaban J connectivity index is 1.10. The second kappa shape index (κ2) is 11.2. The van der Waals surface area contributed by atoms with Crippen LogP contribution in [0.1, 0.15) is 12.8 Å². The molecule has 6 rings (SSSR count). The predicted octanol–water partition coefficient (Wildman–Crippen LogP) is 2.15. The molecule has 1 saturated carbocycles. The Hall–Kier alpha value is -3.76. The van der Waals surface area contributed by atoms with E-state index >= 15 is 0 Å². The second-order valence-corrected chi connectivity index (χ2v) is 10.6. The van der Waals surface area contributed by atoms with E-state index in [1.54, 1.807) is 27.8 Å². The van der Waals surface area contributed by atoms with E-state index in [1.807, 2.05) is 0 Å². The van der Waals surface area contributed by atoms with Gasteiger partial charge in [-0.2, -0.15) is 4.98 Å². The maximum atomic E-state index is 12.8. The third kappa shape index (κ3) is 5.81. The number of piperazine rings is 2. The summed E-state index contributed by atoms with van der Waals surface area (Å²) in [5, 5.41) is 4.13. The van der Waals surface area contributed by atoms with Gasteiger partial charge in [-0.1, -0.05) is 6.58 Å². The number of nitrogens with one attached hydrogen (secondary N) is 1. The van der Waals surface area contributed by atoms with Crippen LogP contribution in [-0.2, 0) is 11.3 Å². The largest absolute Gasteiger partial charge is 0.369 e. The lowest BCUT2D eigenvalue weighted by molar-refractivity contribution is -0.127. The summed E-state index contributed by atoms with van der Waals surface area (Å²) in [6, 6.07) is 12.6. The summed E-state index contributed by atoms with van der Waals surface area (Å²) < 4.78 is 1.72. The Morgan fingerprint density at radius 2 is 1.69 bits per heavy atom. The summed E-state index contributed by atoms with van der Waals surface area (Å²) in [6.07, 6.45) is 5.85. The first-order valence-corrected chi connectivity index (χ1v) is 13.9. The second-order valence-electron chi connectivity index (χ2n) is 10.6. The number of aromatic nitrogens is 3. The molecule has 2 saturated heterocycles. The third-order valence-electron chi connectivity index (χ3n) is 8.09. The van der Waals surface area contributed by atoms with Crippen LogP contribution in [0.3, 0.4) is 0 Å². The van der Waals surface area contributed by atoms with E-state index in [2.05, 4.69) is 55.8 Å². The topological polar surface area (TPSA) is 89.8 Å². The lowest BCUT2D eigenvalue weighted by Crippen LogP contribution is -2.49. The Morgan fingerprint density at radius 3 is 2.38 bits per heavy atom. The normalized spacial score (nSPS) is 18.9. The van der Waals surface area contributed by atoms with E-state index in [-0.39, 0.29) is 11.5 Å². The number of carbonyl (C=O) groups is 1. The number of carbonyl (C=O) groups excluding carboxylic acids is 1. The number of fused-ring (bicyclic) bond motifs is 1. The van der Waals surface area contributed by atoms with Crippen molar-refractivity contribution < 1.29 is 4.79 Å². The Kier molecular flexibility index (Phi) is 7.30. The highest BCUT2D eigenvalue weighted by molar-refractivity contribution is 5.87. The molecule has 3 fully saturated rings. The van der Waals surface area contributed by atoms with Gasteiger partial charge in [-0.25, -0.2) is 4.98 Å². The van der Waals surface area contributed by atoms with Crippen LogP contribution in [0.15, 0.2) is 60.0 Å². The fraction of sp³-hybridized carbons (Fsp3) is 0.448. The highest BCUT2D eigenvalue weighted by Gasteiger charge is 2.31. The molecule has 10 heteroatoms. The average molecular weight is 529 g/mol. The average Bonchev–Trinajstić information content (AvgIpc) is 3.83. The van der Waals surface area contributed by atoms with Crippen molar-refractivity contribution in [1.82, 2.24) is 29.2 Å². The first kappa shape index (κ1) is 25.5. The monoisotopic (exact) mass is 528 g/mol. The van der Waals surface area contributed by atoms with Gasteiger partial charge in [-0.15, -0.1) is 0 Å². The van der Waals surface area contributed by atoms with Gasteiger partial charge in [0, 0.05) is 101 Å². The first-order chi connectivity index (χ1) is 19.1. The van der Waals surface area contributed by atoms with E-state index in [0.29, 0.717) is 37.8 Å². The van der Waals surface area contributed by atoms with Crippen LogP contribution in [-0.4, -0.2) is 100 Å². The van der Waals surface area contributed by atoms with Crippen LogP contribution >= 0.6 is 0 Å². The molecule has 0 radical (unpaired) electrons. The van der Waals surface area contributed by atoms with Gasteiger partial charge in [0.1, 0.15) is 5.65 Å². The summed E-state index contributed by atoms with van der Waals surface area (Å²) in [5.41, 5.74) is 2.68. The van der Waals surface area contributed by atoms with Crippen LogP contribution < -0.4 is 15.8 Å². The SMILES string of the molecule is C=CC(=O)N1CCN(CCn2c(=O)ccc3cnc(Nc4ccc(N5CCN(C6CC6)CC5)cc4)nc32)CC1. The molecule has 1 N–H and O–H groups in total. The Labute approximate surface area is 228 Å². The molecule has 2 aliphatic heterocycles. The van der Waals surface area contributed by atoms with Crippen molar-refractivity contribution >= 4 is 34.3 Å². The predicted molar refractivity (Wildman–Crippen MR) is 154 cm³/mol. The van der Waals surface area contributed by atoms with Gasteiger partial charge in [0.15, 0.2) is 0 Å². The molecule has 0 bridgehead atoms. The van der Waals surface area contributed by atoms with Gasteiger partial charge in [0.25, 0.3) is 5.56 Å². The summed E-state index contributed by atoms with van der Waals surface area (Å²) in [7, 11) is 0. The summed E-state index contributed by atoms with van der Waals surface area (Å²) in [4.78, 5) is 43.0. The minimum Gasteiger partial charge on any atom is -0.369 e. The molecule has 3 aromatic rings. The van der Waals surface area contributed by atoms with Crippen LogP contribution in [0.5, 0.6) is 0 Å². The molecule has 4 heterocycles. The number of nitrogens with zero attached hydrogens (tertiary/aromatic N) is 7. The lowest BCUT2D eigenvalue weighted by atomic mass is 10.2. The van der Waals surface area contributed by atoms with E-state index in [0.717, 1.165) is 56.4 Å². The van der Waals surface area contributed by atoms with Gasteiger partial charge in [-0.05, 0) is 49.2 Å². The molecule has 2 aromatic heterocycles. The van der Waals surface area contributed by atoms with Crippen molar-refractivity contribution in [2.24, 2.45) is 0 Å². The van der Waals surface area contributed by atoms with Gasteiger partial charge in [-0.3, -0.25) is 24.0 Å². The Bertz CT molecular complexity index is 1380. The Morgan fingerprint density at radius 1 is 0.949 bits per heavy atom. The van der Waals surface area contributed by atoms with E-state index in [4.69, 9.17) is 4.98 Å². The number of hydrogen-bond donors (Lipinski definition) is 1. The van der Waals surface area contributed by atoms with E-state index in [1.165, 1.54) is 24.6 Å². The highest BCUT2D eigenvalue weighted by atomic mass is 16.2. The van der Waals surface area contributed by atoms with Crippen molar-refractivity contribution in [3.63, 3.8) is 0 Å². The number of benzene rings is 1. The maximum absolute atomic E-state index is 12.8. The van der Waals surface area contributed by atoms with Crippen LogP contribution in [0.4, 0.5) is 17.3 Å². The molecule has 1 aliphatic carbocycles. The number of rotatable bonds is 8. The number of hydrogen-bond acceptors (Lipinski definition) is 8. The zero-order valence-electron chi connectivity index (χ0n) is 22.3. The molecular weight excluding hydrogens is 492 g/mol. The van der Waals surface area contributed by atoms with Gasteiger partial charge in [0.05, 0.1) is 0 Å². The van der Waals surface area contributed by atoms with Crippen molar-refractivity contribution in [1.29, 1.82) is 0 Å². The molecule has 3 aliphatic rings. The summed E-state index contributed by atoms with van der Waals surface area (Å²) in [5.74, 6) is 0.433. The van der Waals surface area contributed by atoms with Crippen LogP contribution in [0.25, 0.3) is 11.0 Å². The van der Waals surface area contributed by atoms with Crippen LogP contribution in [0, 0.1) is 0 Å². The minimum atomic E-state index is -0.0845. The third-order valence-corrected chi connectivity index (χ3v) is 8.09. The van der Waals surface area contributed by atoms with Crippen molar-refractivity contribution in [3.8, 4) is 0 Å². The molecule has 204 valence electrons. The number of amides is 1. The van der Waals surface area contributed by atoms with Crippen molar-refractivity contribution in [3.05, 3.63) is 65.6 Å². The van der Waals surface area contributed by atoms with Gasteiger partial charge < -0.3 is 15.1 Å². The molecule has 1 amide bonds. The first-order valence-electron chi connectivity index (χ1n) is 13.9. The van der Waals surface area contributed by atoms with Crippen molar-refractivity contribution in [2.45, 2.75) is 25.4 Å². The molecule has 10 nitrogen and oxygen atoms in total. The van der Waals surface area contributed by atoms with Gasteiger partial charge >= 0.3 is 0 Å². The van der Waals surface area contributed by atoms with Crippen LogP contribution in [0.2, 0.25) is 0 Å². The minimum absolute atomic E-state index is 0.0296. The molecular formula is C29H36N8O2. The number of anilines is 3.